The average Bonchev–Trinajstić information content (AvgIpc) is 2.81. The molecule has 1 atom stereocenters. The highest BCUT2D eigenvalue weighted by Gasteiger charge is 2.04. The van der Waals surface area contributed by atoms with E-state index < -0.39 is 0 Å². The first-order valence-electron chi connectivity index (χ1n) is 6.24. The van der Waals surface area contributed by atoms with Crippen molar-refractivity contribution in [1.29, 1.82) is 0 Å². The van der Waals surface area contributed by atoms with Crippen molar-refractivity contribution in [3.05, 3.63) is 22.4 Å². The third-order valence-corrected chi connectivity index (χ3v) is 3.60. The number of aryl methyl sites for hydroxylation is 1. The second-order valence-corrected chi connectivity index (χ2v) is 5.38. The molecule has 1 aromatic heterocycles. The molecule has 1 heterocycles. The Morgan fingerprint density at radius 3 is 2.83 bits per heavy atom. The number of halogens is 1. The number of amides is 1. The van der Waals surface area contributed by atoms with E-state index in [-0.39, 0.29) is 24.4 Å². The molecule has 0 aromatic carbocycles. The van der Waals surface area contributed by atoms with E-state index in [0.29, 0.717) is 13.0 Å². The molecular weight excluding hydrogens is 268 g/mol. The maximum Gasteiger partial charge on any atom is 0.220 e. The summed E-state index contributed by atoms with van der Waals surface area (Å²) in [5, 5.41) is 4.98. The predicted octanol–water partition coefficient (Wildman–Crippen LogP) is 2.74. The Morgan fingerprint density at radius 2 is 2.22 bits per heavy atom. The van der Waals surface area contributed by atoms with Crippen LogP contribution in [0.4, 0.5) is 0 Å². The largest absolute Gasteiger partial charge is 0.352 e. The summed E-state index contributed by atoms with van der Waals surface area (Å²) in [6.07, 6.45) is 5.00. The van der Waals surface area contributed by atoms with Gasteiger partial charge in [-0.1, -0.05) is 12.5 Å². The van der Waals surface area contributed by atoms with Gasteiger partial charge in [0.25, 0.3) is 0 Å². The number of nitrogens with two attached hydrogens (primary N) is 1. The number of carbonyl (C=O) groups excluding carboxylic acids is 1. The number of hydrogen-bond acceptors (Lipinski definition) is 3. The number of unbranched alkanes of at least 4 members (excludes halogenated alkanes) is 2. The Bertz CT molecular complexity index is 317. The normalized spacial score (nSPS) is 11.7. The van der Waals surface area contributed by atoms with Gasteiger partial charge in [-0.05, 0) is 37.6 Å². The zero-order chi connectivity index (χ0) is 12.5. The lowest BCUT2D eigenvalue weighted by Crippen LogP contribution is -2.37. The van der Waals surface area contributed by atoms with Gasteiger partial charge in [-0.3, -0.25) is 4.79 Å². The van der Waals surface area contributed by atoms with Gasteiger partial charge in [0.1, 0.15) is 0 Å². The van der Waals surface area contributed by atoms with E-state index in [0.717, 1.165) is 19.3 Å². The molecule has 0 bridgehead atoms. The minimum atomic E-state index is 0. The highest BCUT2D eigenvalue weighted by Crippen LogP contribution is 2.13. The lowest BCUT2D eigenvalue weighted by Gasteiger charge is -2.10. The van der Waals surface area contributed by atoms with E-state index in [2.05, 4.69) is 22.8 Å². The first-order chi connectivity index (χ1) is 8.22. The molecule has 3 N–H and O–H groups in total. The Morgan fingerprint density at radius 1 is 1.44 bits per heavy atom. The van der Waals surface area contributed by atoms with Gasteiger partial charge in [0.2, 0.25) is 5.91 Å². The fourth-order valence-corrected chi connectivity index (χ4v) is 2.37. The molecule has 18 heavy (non-hydrogen) atoms. The second kappa shape index (κ2) is 10.4. The van der Waals surface area contributed by atoms with Crippen molar-refractivity contribution in [1.82, 2.24) is 5.32 Å². The van der Waals surface area contributed by atoms with Crippen LogP contribution in [0.3, 0.4) is 0 Å². The van der Waals surface area contributed by atoms with Crippen LogP contribution in [0.2, 0.25) is 0 Å². The zero-order valence-electron chi connectivity index (χ0n) is 10.9. The van der Waals surface area contributed by atoms with Gasteiger partial charge in [-0.15, -0.1) is 23.7 Å². The molecule has 1 amide bonds. The summed E-state index contributed by atoms with van der Waals surface area (Å²) in [6, 6.07) is 4.34. The maximum atomic E-state index is 11.4. The highest BCUT2D eigenvalue weighted by molar-refractivity contribution is 7.09. The van der Waals surface area contributed by atoms with Crippen molar-refractivity contribution in [2.45, 2.75) is 45.1 Å². The van der Waals surface area contributed by atoms with Gasteiger partial charge in [0, 0.05) is 23.9 Å². The predicted molar refractivity (Wildman–Crippen MR) is 80.4 cm³/mol. The summed E-state index contributed by atoms with van der Waals surface area (Å²) in [6.45, 7) is 2.43. The molecule has 3 nitrogen and oxygen atoms in total. The van der Waals surface area contributed by atoms with Crippen molar-refractivity contribution in [3.8, 4) is 0 Å². The summed E-state index contributed by atoms with van der Waals surface area (Å²) < 4.78 is 0. The molecule has 0 saturated heterocycles. The molecule has 0 saturated carbocycles. The summed E-state index contributed by atoms with van der Waals surface area (Å²) >= 11 is 1.81. The molecule has 5 heteroatoms. The van der Waals surface area contributed by atoms with Crippen molar-refractivity contribution in [3.63, 3.8) is 0 Å². The Labute approximate surface area is 120 Å². The van der Waals surface area contributed by atoms with Crippen LogP contribution >= 0.6 is 23.7 Å². The van der Waals surface area contributed by atoms with Gasteiger partial charge in [0.15, 0.2) is 0 Å². The zero-order valence-corrected chi connectivity index (χ0v) is 12.5. The third-order valence-electron chi connectivity index (χ3n) is 2.67. The van der Waals surface area contributed by atoms with Crippen LogP contribution in [0.1, 0.15) is 37.5 Å². The molecule has 0 spiro atoms. The number of hydrogen-bond donors (Lipinski definition) is 2. The topological polar surface area (TPSA) is 55.1 Å². The molecule has 0 aliphatic heterocycles. The molecule has 104 valence electrons. The molecule has 0 fully saturated rings. The minimum Gasteiger partial charge on any atom is -0.352 e. The van der Waals surface area contributed by atoms with Gasteiger partial charge >= 0.3 is 0 Å². The number of thiophene rings is 1. The number of nitrogens with one attached hydrogen (secondary N) is 1. The third kappa shape index (κ3) is 7.69. The van der Waals surface area contributed by atoms with E-state index in [4.69, 9.17) is 5.73 Å². The monoisotopic (exact) mass is 290 g/mol. The standard InChI is InChI=1S/C13H22N2OS.ClH/c1-11(10-14)15-13(16)8-4-2-3-6-12-7-5-9-17-12;/h5,7,9,11H,2-4,6,8,10,14H2,1H3,(H,15,16);1H/t11-;/m0./s1. The minimum absolute atomic E-state index is 0. The first kappa shape index (κ1) is 17.4. The Balaban J connectivity index is 0.00000289. The molecule has 0 unspecified atom stereocenters. The van der Waals surface area contributed by atoms with Crippen LogP contribution in [-0.2, 0) is 11.2 Å². The van der Waals surface area contributed by atoms with E-state index in [1.54, 1.807) is 11.3 Å². The fourth-order valence-electron chi connectivity index (χ4n) is 1.62. The van der Waals surface area contributed by atoms with Crippen LogP contribution in [0.15, 0.2) is 17.5 Å². The molecule has 0 aliphatic carbocycles. The van der Waals surface area contributed by atoms with Crippen LogP contribution in [0.25, 0.3) is 0 Å². The smallest absolute Gasteiger partial charge is 0.220 e. The van der Waals surface area contributed by atoms with Crippen LogP contribution in [-0.4, -0.2) is 18.5 Å². The lowest BCUT2D eigenvalue weighted by molar-refractivity contribution is -0.121. The fraction of sp³-hybridized carbons (Fsp3) is 0.615. The molecule has 0 radical (unpaired) electrons. The van der Waals surface area contributed by atoms with Crippen LogP contribution in [0, 0.1) is 0 Å². The van der Waals surface area contributed by atoms with Gasteiger partial charge in [-0.2, -0.15) is 0 Å². The first-order valence-corrected chi connectivity index (χ1v) is 7.12. The summed E-state index contributed by atoms with van der Waals surface area (Å²) in [7, 11) is 0. The second-order valence-electron chi connectivity index (χ2n) is 4.34. The average molecular weight is 291 g/mol. The maximum absolute atomic E-state index is 11.4. The van der Waals surface area contributed by atoms with Crippen molar-refractivity contribution in [2.24, 2.45) is 5.73 Å². The summed E-state index contributed by atoms with van der Waals surface area (Å²) in [4.78, 5) is 12.9. The molecule has 1 rings (SSSR count). The Kier molecular flexibility index (Phi) is 10.0. The Hall–Kier alpha value is -0.580. The van der Waals surface area contributed by atoms with Crippen LogP contribution in [0.5, 0.6) is 0 Å². The van der Waals surface area contributed by atoms with Gasteiger partial charge in [-0.25, -0.2) is 0 Å². The molecular formula is C13H23ClN2OS. The van der Waals surface area contributed by atoms with Crippen molar-refractivity contribution in [2.75, 3.05) is 6.54 Å². The quantitative estimate of drug-likeness (QED) is 0.723. The van der Waals surface area contributed by atoms with Crippen molar-refractivity contribution < 1.29 is 4.79 Å². The number of carbonyl (C=O) groups is 1. The number of rotatable bonds is 8. The van der Waals surface area contributed by atoms with E-state index in [9.17, 15) is 4.79 Å². The highest BCUT2D eigenvalue weighted by atomic mass is 35.5. The SMILES string of the molecule is C[C@@H](CN)NC(=O)CCCCCc1cccs1.Cl. The molecule has 1 aromatic rings. The van der Waals surface area contributed by atoms with Gasteiger partial charge < -0.3 is 11.1 Å². The molecule has 0 aliphatic rings. The van der Waals surface area contributed by atoms with E-state index >= 15 is 0 Å². The van der Waals surface area contributed by atoms with E-state index in [1.165, 1.54) is 11.3 Å². The summed E-state index contributed by atoms with van der Waals surface area (Å²) in [5.41, 5.74) is 5.44. The van der Waals surface area contributed by atoms with Crippen molar-refractivity contribution >= 4 is 29.7 Å². The van der Waals surface area contributed by atoms with E-state index in [1.807, 2.05) is 6.92 Å². The summed E-state index contributed by atoms with van der Waals surface area (Å²) in [5.74, 6) is 0.124. The lowest BCUT2D eigenvalue weighted by atomic mass is 10.1. The van der Waals surface area contributed by atoms with Gasteiger partial charge in [0.05, 0.1) is 0 Å². The van der Waals surface area contributed by atoms with Crippen LogP contribution < -0.4 is 11.1 Å².